The van der Waals surface area contributed by atoms with E-state index in [1.807, 2.05) is 48.5 Å². The minimum absolute atomic E-state index is 0.0995. The summed E-state index contributed by atoms with van der Waals surface area (Å²) in [5, 5.41) is 3.11. The molecule has 6 nitrogen and oxygen atoms in total. The first kappa shape index (κ1) is 23.3. The zero-order valence-corrected chi connectivity index (χ0v) is 19.9. The van der Waals surface area contributed by atoms with Gasteiger partial charge in [0.05, 0.1) is 7.11 Å². The van der Waals surface area contributed by atoms with Gasteiger partial charge in [-0.1, -0.05) is 36.8 Å². The molecule has 6 heteroatoms. The summed E-state index contributed by atoms with van der Waals surface area (Å²) in [4.78, 5) is 30.7. The summed E-state index contributed by atoms with van der Waals surface area (Å²) in [6.07, 6.45) is 4.70. The lowest BCUT2D eigenvalue weighted by atomic mass is 9.97. The molecule has 2 aliphatic heterocycles. The number of nitrogens with zero attached hydrogens (tertiary/aromatic N) is 2. The molecule has 1 saturated heterocycles. The van der Waals surface area contributed by atoms with Crippen LogP contribution in [0.5, 0.6) is 5.75 Å². The standard InChI is InChI=1S/C27H35N3O3/c1-19-8-6-9-20(2)29(19)17-7-16-28-26(31)25-23-10-4-5-11-24(23)27(32)30(25)18-21-12-14-22(33-3)15-13-21/h4-5,10-15,19-20,25H,6-9,16-18H2,1-3H3,(H,28,31). The fourth-order valence-corrected chi connectivity index (χ4v) is 5.23. The zero-order valence-electron chi connectivity index (χ0n) is 19.9. The van der Waals surface area contributed by atoms with Gasteiger partial charge in [0.25, 0.3) is 5.91 Å². The number of rotatable bonds is 8. The van der Waals surface area contributed by atoms with Crippen molar-refractivity contribution >= 4 is 11.8 Å². The summed E-state index contributed by atoms with van der Waals surface area (Å²) in [5.41, 5.74) is 2.36. The highest BCUT2D eigenvalue weighted by Crippen LogP contribution is 2.35. The van der Waals surface area contributed by atoms with Crippen molar-refractivity contribution in [1.29, 1.82) is 0 Å². The van der Waals surface area contributed by atoms with Crippen molar-refractivity contribution in [3.8, 4) is 5.75 Å². The van der Waals surface area contributed by atoms with Crippen molar-refractivity contribution in [2.75, 3.05) is 20.2 Å². The monoisotopic (exact) mass is 449 g/mol. The van der Waals surface area contributed by atoms with E-state index >= 15 is 0 Å². The minimum atomic E-state index is -0.608. The first-order valence-corrected chi connectivity index (χ1v) is 12.1. The smallest absolute Gasteiger partial charge is 0.255 e. The van der Waals surface area contributed by atoms with Gasteiger partial charge in [-0.15, -0.1) is 0 Å². The molecule has 2 heterocycles. The number of hydrogen-bond acceptors (Lipinski definition) is 4. The maximum absolute atomic E-state index is 13.3. The molecule has 1 fully saturated rings. The molecule has 3 unspecified atom stereocenters. The molecule has 3 atom stereocenters. The summed E-state index contributed by atoms with van der Waals surface area (Å²) >= 11 is 0. The van der Waals surface area contributed by atoms with E-state index in [9.17, 15) is 9.59 Å². The maximum Gasteiger partial charge on any atom is 0.255 e. The number of ether oxygens (including phenoxy) is 1. The van der Waals surface area contributed by atoms with Gasteiger partial charge in [0.2, 0.25) is 5.91 Å². The summed E-state index contributed by atoms with van der Waals surface area (Å²) in [7, 11) is 1.63. The molecule has 176 valence electrons. The van der Waals surface area contributed by atoms with Gasteiger partial charge in [-0.2, -0.15) is 0 Å². The van der Waals surface area contributed by atoms with Crippen molar-refractivity contribution in [3.05, 3.63) is 65.2 Å². The molecule has 0 bridgehead atoms. The highest BCUT2D eigenvalue weighted by molar-refractivity contribution is 6.04. The predicted octanol–water partition coefficient (Wildman–Crippen LogP) is 4.16. The Morgan fingerprint density at radius 2 is 1.76 bits per heavy atom. The summed E-state index contributed by atoms with van der Waals surface area (Å²) in [6, 6.07) is 15.7. The second-order valence-electron chi connectivity index (χ2n) is 9.28. The van der Waals surface area contributed by atoms with E-state index in [1.165, 1.54) is 19.3 Å². The van der Waals surface area contributed by atoms with Crippen molar-refractivity contribution in [1.82, 2.24) is 15.1 Å². The second-order valence-corrected chi connectivity index (χ2v) is 9.28. The van der Waals surface area contributed by atoms with Crippen molar-refractivity contribution in [2.45, 2.75) is 64.2 Å². The molecular weight excluding hydrogens is 414 g/mol. The molecule has 0 spiro atoms. The number of benzene rings is 2. The summed E-state index contributed by atoms with van der Waals surface area (Å²) in [5.74, 6) is 0.556. The van der Waals surface area contributed by atoms with Crippen LogP contribution in [0.4, 0.5) is 0 Å². The van der Waals surface area contributed by atoms with Crippen LogP contribution in [0.15, 0.2) is 48.5 Å². The van der Waals surface area contributed by atoms with E-state index < -0.39 is 6.04 Å². The van der Waals surface area contributed by atoms with Gasteiger partial charge in [-0.3, -0.25) is 14.5 Å². The van der Waals surface area contributed by atoms with Gasteiger partial charge >= 0.3 is 0 Å². The lowest BCUT2D eigenvalue weighted by Gasteiger charge is -2.39. The van der Waals surface area contributed by atoms with E-state index in [0.717, 1.165) is 29.8 Å². The van der Waals surface area contributed by atoms with Gasteiger partial charge in [-0.05, 0) is 62.4 Å². The van der Waals surface area contributed by atoms with E-state index in [2.05, 4.69) is 24.1 Å². The summed E-state index contributed by atoms with van der Waals surface area (Å²) in [6.45, 7) is 6.56. The minimum Gasteiger partial charge on any atom is -0.497 e. The van der Waals surface area contributed by atoms with Crippen LogP contribution in [0, 0.1) is 0 Å². The SMILES string of the molecule is COc1ccc(CN2C(=O)c3ccccc3C2C(=O)NCCCN2C(C)CCCC2C)cc1. The van der Waals surface area contributed by atoms with Crippen LogP contribution in [-0.2, 0) is 11.3 Å². The molecule has 0 aromatic heterocycles. The number of hydrogen-bond donors (Lipinski definition) is 1. The highest BCUT2D eigenvalue weighted by Gasteiger charge is 2.40. The van der Waals surface area contributed by atoms with Crippen LogP contribution >= 0.6 is 0 Å². The number of methoxy groups -OCH3 is 1. The Hall–Kier alpha value is -2.86. The number of amides is 2. The van der Waals surface area contributed by atoms with E-state index in [0.29, 0.717) is 30.7 Å². The predicted molar refractivity (Wildman–Crippen MR) is 129 cm³/mol. The molecule has 1 N–H and O–H groups in total. The van der Waals surface area contributed by atoms with E-state index in [1.54, 1.807) is 12.0 Å². The Morgan fingerprint density at radius 1 is 1.06 bits per heavy atom. The number of carbonyl (C=O) groups excluding carboxylic acids is 2. The Kier molecular flexibility index (Phi) is 7.33. The quantitative estimate of drug-likeness (QED) is 0.615. The normalized spacial score (nSPS) is 22.8. The Labute approximate surface area is 196 Å². The lowest BCUT2D eigenvalue weighted by molar-refractivity contribution is -0.125. The molecule has 2 aromatic carbocycles. The average molecular weight is 450 g/mol. The van der Waals surface area contributed by atoms with Crippen LogP contribution in [0.1, 0.15) is 67.1 Å². The number of carbonyl (C=O) groups is 2. The van der Waals surface area contributed by atoms with Crippen molar-refractivity contribution in [3.63, 3.8) is 0 Å². The Morgan fingerprint density at radius 3 is 2.45 bits per heavy atom. The van der Waals surface area contributed by atoms with E-state index in [4.69, 9.17) is 4.74 Å². The number of likely N-dealkylation sites (tertiary alicyclic amines) is 1. The number of fused-ring (bicyclic) bond motifs is 1. The Balaban J connectivity index is 1.42. The second kappa shape index (κ2) is 10.4. The first-order valence-electron chi connectivity index (χ1n) is 12.1. The van der Waals surface area contributed by atoms with E-state index in [-0.39, 0.29) is 11.8 Å². The van der Waals surface area contributed by atoms with Gasteiger partial charge in [0.1, 0.15) is 11.8 Å². The fraction of sp³-hybridized carbons (Fsp3) is 0.481. The molecule has 4 rings (SSSR count). The molecule has 0 saturated carbocycles. The Bertz CT molecular complexity index is 965. The van der Waals surface area contributed by atoms with Gasteiger partial charge in [0, 0.05) is 37.3 Å². The van der Waals surface area contributed by atoms with Crippen LogP contribution in [0.25, 0.3) is 0 Å². The van der Waals surface area contributed by atoms with Gasteiger partial charge in [-0.25, -0.2) is 0 Å². The fourth-order valence-electron chi connectivity index (χ4n) is 5.23. The van der Waals surface area contributed by atoms with Crippen LogP contribution in [0.3, 0.4) is 0 Å². The molecular formula is C27H35N3O3. The average Bonchev–Trinajstić information content (AvgIpc) is 3.10. The first-order chi connectivity index (χ1) is 16.0. The van der Waals surface area contributed by atoms with Crippen LogP contribution < -0.4 is 10.1 Å². The third kappa shape index (κ3) is 5.06. The molecule has 2 aliphatic rings. The molecule has 2 aromatic rings. The highest BCUT2D eigenvalue weighted by atomic mass is 16.5. The third-order valence-electron chi connectivity index (χ3n) is 7.09. The third-order valence-corrected chi connectivity index (χ3v) is 7.09. The molecule has 0 aliphatic carbocycles. The maximum atomic E-state index is 13.3. The summed E-state index contributed by atoms with van der Waals surface area (Å²) < 4.78 is 5.23. The lowest BCUT2D eigenvalue weighted by Crippen LogP contribution is -2.45. The molecule has 33 heavy (non-hydrogen) atoms. The zero-order chi connectivity index (χ0) is 23.4. The molecule has 2 amide bonds. The van der Waals surface area contributed by atoms with Crippen LogP contribution in [-0.4, -0.2) is 53.9 Å². The number of nitrogens with one attached hydrogen (secondary N) is 1. The van der Waals surface area contributed by atoms with Crippen molar-refractivity contribution < 1.29 is 14.3 Å². The molecule has 0 radical (unpaired) electrons. The largest absolute Gasteiger partial charge is 0.497 e. The number of piperidine rings is 1. The van der Waals surface area contributed by atoms with Crippen molar-refractivity contribution in [2.24, 2.45) is 0 Å². The van der Waals surface area contributed by atoms with Gasteiger partial charge < -0.3 is 15.0 Å². The van der Waals surface area contributed by atoms with Crippen LogP contribution in [0.2, 0.25) is 0 Å². The topological polar surface area (TPSA) is 61.9 Å². The van der Waals surface area contributed by atoms with Gasteiger partial charge in [0.15, 0.2) is 0 Å².